The van der Waals surface area contributed by atoms with Gasteiger partial charge < -0.3 is 10.0 Å². The largest absolute Gasteiger partial charge is 0.480 e. The maximum Gasteiger partial charge on any atom is 0.442 e. The molecule has 1 amide bonds. The molecule has 1 aliphatic rings. The van der Waals surface area contributed by atoms with E-state index >= 15 is 0 Å². The first-order valence-electron chi connectivity index (χ1n) is 7.14. The third-order valence-corrected chi connectivity index (χ3v) is 3.93. The molecule has 1 unspecified atom stereocenters. The molecule has 0 aliphatic carbocycles. The molecule has 0 saturated carbocycles. The SMILES string of the molecule is Cc1ccccc1-c1noc(=O)n1C1CCN(CC(=O)O)C1=O. The molecule has 1 aliphatic heterocycles. The van der Waals surface area contributed by atoms with Crippen LogP contribution < -0.4 is 5.76 Å². The lowest BCUT2D eigenvalue weighted by atomic mass is 10.1. The van der Waals surface area contributed by atoms with Crippen molar-refractivity contribution in [1.82, 2.24) is 14.6 Å². The molecule has 1 saturated heterocycles. The average molecular weight is 317 g/mol. The normalized spacial score (nSPS) is 17.7. The fraction of sp³-hybridized carbons (Fsp3) is 0.333. The number of aromatic nitrogens is 2. The smallest absolute Gasteiger partial charge is 0.442 e. The summed E-state index contributed by atoms with van der Waals surface area (Å²) in [5, 5.41) is 12.6. The first kappa shape index (κ1) is 15.0. The van der Waals surface area contributed by atoms with Crippen LogP contribution in [0.3, 0.4) is 0 Å². The summed E-state index contributed by atoms with van der Waals surface area (Å²) in [5.74, 6) is -1.94. The van der Waals surface area contributed by atoms with E-state index in [0.717, 1.165) is 5.56 Å². The van der Waals surface area contributed by atoms with Crippen molar-refractivity contribution < 1.29 is 19.2 Å². The molecule has 0 bridgehead atoms. The van der Waals surface area contributed by atoms with E-state index in [1.54, 1.807) is 12.1 Å². The predicted molar refractivity (Wildman–Crippen MR) is 78.8 cm³/mol. The van der Waals surface area contributed by atoms with Gasteiger partial charge in [0.25, 0.3) is 0 Å². The molecular formula is C15H15N3O5. The molecule has 3 rings (SSSR count). The predicted octanol–water partition coefficient (Wildman–Crippen LogP) is 0.670. The highest BCUT2D eigenvalue weighted by atomic mass is 16.5. The Morgan fingerprint density at radius 3 is 2.83 bits per heavy atom. The van der Waals surface area contributed by atoms with E-state index in [1.165, 1.54) is 9.47 Å². The maximum absolute atomic E-state index is 12.4. The molecule has 0 radical (unpaired) electrons. The third kappa shape index (κ3) is 2.63. The number of nitrogens with zero attached hydrogens (tertiary/aromatic N) is 3. The molecule has 1 fully saturated rings. The van der Waals surface area contributed by atoms with Crippen LogP contribution in [0, 0.1) is 6.92 Å². The van der Waals surface area contributed by atoms with Crippen molar-refractivity contribution >= 4 is 11.9 Å². The van der Waals surface area contributed by atoms with Gasteiger partial charge in [0.15, 0.2) is 5.82 Å². The quantitative estimate of drug-likeness (QED) is 0.888. The van der Waals surface area contributed by atoms with Crippen LogP contribution in [-0.2, 0) is 9.59 Å². The molecule has 8 nitrogen and oxygen atoms in total. The molecule has 120 valence electrons. The van der Waals surface area contributed by atoms with Crippen molar-refractivity contribution in [3.05, 3.63) is 40.4 Å². The van der Waals surface area contributed by atoms with Gasteiger partial charge in [-0.15, -0.1) is 0 Å². The van der Waals surface area contributed by atoms with Crippen molar-refractivity contribution in [1.29, 1.82) is 0 Å². The Kier molecular flexibility index (Phi) is 3.73. The summed E-state index contributed by atoms with van der Waals surface area (Å²) in [6.07, 6.45) is 0.339. The fourth-order valence-electron chi connectivity index (χ4n) is 2.82. The summed E-state index contributed by atoms with van der Waals surface area (Å²) in [7, 11) is 0. The molecular weight excluding hydrogens is 302 g/mol. The van der Waals surface area contributed by atoms with E-state index in [-0.39, 0.29) is 18.9 Å². The number of benzene rings is 1. The zero-order valence-corrected chi connectivity index (χ0v) is 12.4. The van der Waals surface area contributed by atoms with Crippen LogP contribution in [-0.4, -0.2) is 44.7 Å². The van der Waals surface area contributed by atoms with Crippen LogP contribution in [0.1, 0.15) is 18.0 Å². The Bertz CT molecular complexity index is 823. The number of amides is 1. The number of likely N-dealkylation sites (tertiary alicyclic amines) is 1. The van der Waals surface area contributed by atoms with Crippen molar-refractivity contribution in [2.45, 2.75) is 19.4 Å². The molecule has 8 heteroatoms. The van der Waals surface area contributed by atoms with Gasteiger partial charge in [0, 0.05) is 12.1 Å². The second-order valence-corrected chi connectivity index (χ2v) is 5.42. The summed E-state index contributed by atoms with van der Waals surface area (Å²) < 4.78 is 5.97. The van der Waals surface area contributed by atoms with Gasteiger partial charge in [-0.3, -0.25) is 14.1 Å². The number of carboxylic acids is 1. The minimum Gasteiger partial charge on any atom is -0.480 e. The van der Waals surface area contributed by atoms with Crippen molar-refractivity contribution in [2.24, 2.45) is 0 Å². The standard InChI is InChI=1S/C15H15N3O5/c1-9-4-2-3-5-10(9)13-16-23-15(22)18(13)11-6-7-17(14(11)21)8-12(19)20/h2-5,11H,6-8H2,1H3,(H,19,20). The van der Waals surface area contributed by atoms with Crippen LogP contribution in [0.15, 0.2) is 33.6 Å². The highest BCUT2D eigenvalue weighted by Gasteiger charge is 2.37. The van der Waals surface area contributed by atoms with Gasteiger partial charge in [-0.1, -0.05) is 29.4 Å². The van der Waals surface area contributed by atoms with Gasteiger partial charge in [0.2, 0.25) is 5.91 Å². The van der Waals surface area contributed by atoms with Crippen LogP contribution in [0.2, 0.25) is 0 Å². The average Bonchev–Trinajstić information content (AvgIpc) is 3.03. The lowest BCUT2D eigenvalue weighted by Gasteiger charge is -2.15. The lowest BCUT2D eigenvalue weighted by molar-refractivity contribution is -0.143. The zero-order valence-electron chi connectivity index (χ0n) is 12.4. The monoisotopic (exact) mass is 317 g/mol. The Hall–Kier alpha value is -2.90. The van der Waals surface area contributed by atoms with E-state index in [0.29, 0.717) is 12.0 Å². The summed E-state index contributed by atoms with van der Waals surface area (Å²) in [6.45, 7) is 1.77. The van der Waals surface area contributed by atoms with Crippen LogP contribution in [0.5, 0.6) is 0 Å². The number of carbonyl (C=O) groups excluding carboxylic acids is 1. The third-order valence-electron chi connectivity index (χ3n) is 3.93. The topological polar surface area (TPSA) is 106 Å². The summed E-state index contributed by atoms with van der Waals surface area (Å²) >= 11 is 0. The van der Waals surface area contributed by atoms with E-state index in [4.69, 9.17) is 9.63 Å². The fourth-order valence-corrected chi connectivity index (χ4v) is 2.82. The second-order valence-electron chi connectivity index (χ2n) is 5.42. The first-order valence-corrected chi connectivity index (χ1v) is 7.14. The van der Waals surface area contributed by atoms with E-state index in [2.05, 4.69) is 5.16 Å². The number of carbonyl (C=O) groups is 2. The van der Waals surface area contributed by atoms with Crippen molar-refractivity contribution in [3.63, 3.8) is 0 Å². The molecule has 2 aromatic rings. The van der Waals surface area contributed by atoms with Gasteiger partial charge >= 0.3 is 11.7 Å². The van der Waals surface area contributed by atoms with Gasteiger partial charge in [0.1, 0.15) is 12.6 Å². The highest BCUT2D eigenvalue weighted by Crippen LogP contribution is 2.28. The Morgan fingerprint density at radius 2 is 2.13 bits per heavy atom. The molecule has 23 heavy (non-hydrogen) atoms. The minimum absolute atomic E-state index is 0.278. The Labute approximate surface area is 130 Å². The second kappa shape index (κ2) is 5.71. The molecule has 1 N–H and O–H groups in total. The maximum atomic E-state index is 12.4. The molecule has 2 heterocycles. The van der Waals surface area contributed by atoms with Crippen LogP contribution in [0.25, 0.3) is 11.4 Å². The van der Waals surface area contributed by atoms with E-state index in [9.17, 15) is 14.4 Å². The Morgan fingerprint density at radius 1 is 1.39 bits per heavy atom. The lowest BCUT2D eigenvalue weighted by Crippen LogP contribution is -2.35. The number of carboxylic acid groups (broad SMARTS) is 1. The molecule has 0 spiro atoms. The number of aliphatic carboxylic acids is 1. The summed E-state index contributed by atoms with van der Waals surface area (Å²) in [6, 6.07) is 6.53. The number of rotatable bonds is 4. The first-order chi connectivity index (χ1) is 11.0. The van der Waals surface area contributed by atoms with Crippen LogP contribution >= 0.6 is 0 Å². The molecule has 1 atom stereocenters. The van der Waals surface area contributed by atoms with Crippen molar-refractivity contribution in [3.8, 4) is 11.4 Å². The van der Waals surface area contributed by atoms with Gasteiger partial charge in [-0.05, 0) is 18.9 Å². The zero-order chi connectivity index (χ0) is 16.6. The number of hydrogen-bond donors (Lipinski definition) is 1. The van der Waals surface area contributed by atoms with E-state index in [1.807, 2.05) is 19.1 Å². The molecule has 1 aromatic heterocycles. The highest BCUT2D eigenvalue weighted by molar-refractivity contribution is 5.86. The van der Waals surface area contributed by atoms with Crippen molar-refractivity contribution in [2.75, 3.05) is 13.1 Å². The summed E-state index contributed by atoms with van der Waals surface area (Å²) in [4.78, 5) is 36.4. The Balaban J connectivity index is 2.01. The number of hydrogen-bond acceptors (Lipinski definition) is 5. The van der Waals surface area contributed by atoms with Crippen LogP contribution in [0.4, 0.5) is 0 Å². The minimum atomic E-state index is -1.09. The van der Waals surface area contributed by atoms with Gasteiger partial charge in [-0.25, -0.2) is 9.36 Å². The van der Waals surface area contributed by atoms with E-state index < -0.39 is 23.7 Å². The van der Waals surface area contributed by atoms with Gasteiger partial charge in [-0.2, -0.15) is 0 Å². The van der Waals surface area contributed by atoms with Gasteiger partial charge in [0.05, 0.1) is 0 Å². The molecule has 1 aromatic carbocycles. The number of aryl methyl sites for hydroxylation is 1. The summed E-state index contributed by atoms with van der Waals surface area (Å²) in [5.41, 5.74) is 1.59.